The predicted octanol–water partition coefficient (Wildman–Crippen LogP) is 1.52. The Hall–Kier alpha value is -1.30. The molecule has 142 valence electrons. The fourth-order valence-corrected chi connectivity index (χ4v) is 6.96. The molecule has 3 saturated carbocycles. The summed E-state index contributed by atoms with van der Waals surface area (Å²) in [6.45, 7) is 3.92. The van der Waals surface area contributed by atoms with Gasteiger partial charge in [0.25, 0.3) is 0 Å². The third-order valence-corrected chi connectivity index (χ3v) is 8.29. The quantitative estimate of drug-likeness (QED) is 0.694. The maximum absolute atomic E-state index is 12.5. The van der Waals surface area contributed by atoms with Gasteiger partial charge in [-0.25, -0.2) is 0 Å². The Morgan fingerprint density at radius 1 is 1.35 bits per heavy atom. The molecule has 4 aliphatic carbocycles. The van der Waals surface area contributed by atoms with Crippen molar-refractivity contribution in [3.8, 4) is 0 Å². The first-order chi connectivity index (χ1) is 12.2. The molecule has 0 amide bonds. The molecule has 0 aromatic heterocycles. The van der Waals surface area contributed by atoms with Gasteiger partial charge in [-0.2, -0.15) is 0 Å². The molecule has 26 heavy (non-hydrogen) atoms. The van der Waals surface area contributed by atoms with Crippen LogP contribution in [0.3, 0.4) is 0 Å². The van der Waals surface area contributed by atoms with Crippen LogP contribution in [-0.2, 0) is 9.59 Å². The Kier molecular flexibility index (Phi) is 3.89. The highest BCUT2D eigenvalue weighted by Crippen LogP contribution is 2.66. The summed E-state index contributed by atoms with van der Waals surface area (Å²) in [5.41, 5.74) is 4.29. The third-order valence-electron chi connectivity index (χ3n) is 8.29. The lowest BCUT2D eigenvalue weighted by Crippen LogP contribution is -2.62. The van der Waals surface area contributed by atoms with Crippen molar-refractivity contribution < 1.29 is 19.8 Å². The van der Waals surface area contributed by atoms with E-state index < -0.39 is 17.1 Å². The fourth-order valence-electron chi connectivity index (χ4n) is 6.96. The molecule has 5 nitrogen and oxygen atoms in total. The molecule has 0 aromatic rings. The van der Waals surface area contributed by atoms with Gasteiger partial charge in [0.15, 0.2) is 11.6 Å². The first kappa shape index (κ1) is 18.1. The minimum Gasteiger partial charge on any atom is -0.393 e. The van der Waals surface area contributed by atoms with Crippen LogP contribution in [0.15, 0.2) is 23.8 Å². The Labute approximate surface area is 154 Å². The Morgan fingerprint density at radius 3 is 2.77 bits per heavy atom. The van der Waals surface area contributed by atoms with Crippen molar-refractivity contribution in [2.24, 2.45) is 34.3 Å². The van der Waals surface area contributed by atoms with Crippen LogP contribution in [0.5, 0.6) is 0 Å². The van der Waals surface area contributed by atoms with E-state index in [9.17, 15) is 19.8 Å². The van der Waals surface area contributed by atoms with E-state index in [1.165, 1.54) is 0 Å². The van der Waals surface area contributed by atoms with E-state index in [0.29, 0.717) is 12.8 Å². The van der Waals surface area contributed by atoms with Crippen LogP contribution < -0.4 is 5.73 Å². The highest BCUT2D eigenvalue weighted by molar-refractivity contribution is 6.01. The third kappa shape index (κ3) is 2.08. The minimum absolute atomic E-state index is 0.0141. The van der Waals surface area contributed by atoms with Crippen molar-refractivity contribution in [3.05, 3.63) is 23.8 Å². The number of hydrogen-bond donors (Lipinski definition) is 3. The first-order valence-electron chi connectivity index (χ1n) is 9.75. The molecule has 7 atom stereocenters. The molecule has 0 aliphatic heterocycles. The summed E-state index contributed by atoms with van der Waals surface area (Å²) >= 11 is 0. The number of carbonyl (C=O) groups is 2. The SMILES string of the molecule is C[C@]12C[C@H](O)[C@@H]3[C@@H](CCC4=CC(=O)C=C[C@]43C)[C@H]1CC[C@]2(O)C(=O)CN. The van der Waals surface area contributed by atoms with Gasteiger partial charge in [-0.15, -0.1) is 0 Å². The lowest BCUT2D eigenvalue weighted by Gasteiger charge is -2.59. The Bertz CT molecular complexity index is 728. The van der Waals surface area contributed by atoms with Crippen molar-refractivity contribution >= 4 is 11.6 Å². The number of rotatable bonds is 2. The van der Waals surface area contributed by atoms with Gasteiger partial charge in [-0.05, 0) is 56.1 Å². The number of hydrogen-bond acceptors (Lipinski definition) is 5. The molecular formula is C21H29NO4. The molecule has 0 heterocycles. The molecule has 0 saturated heterocycles. The Balaban J connectivity index is 1.75. The predicted molar refractivity (Wildman–Crippen MR) is 97.0 cm³/mol. The van der Waals surface area contributed by atoms with Crippen molar-refractivity contribution in [2.45, 2.75) is 57.7 Å². The number of aliphatic hydroxyl groups is 2. The monoisotopic (exact) mass is 359 g/mol. The van der Waals surface area contributed by atoms with E-state index in [4.69, 9.17) is 5.73 Å². The molecule has 0 spiro atoms. The van der Waals surface area contributed by atoms with Crippen molar-refractivity contribution in [1.82, 2.24) is 0 Å². The van der Waals surface area contributed by atoms with Gasteiger partial charge in [-0.1, -0.05) is 25.5 Å². The molecule has 4 aliphatic rings. The number of fused-ring (bicyclic) bond motifs is 5. The second kappa shape index (κ2) is 5.60. The van der Waals surface area contributed by atoms with E-state index in [1.54, 1.807) is 12.2 Å². The summed E-state index contributed by atoms with van der Waals surface area (Å²) in [4.78, 5) is 24.3. The Morgan fingerprint density at radius 2 is 2.08 bits per heavy atom. The molecule has 5 heteroatoms. The number of aliphatic hydroxyl groups excluding tert-OH is 1. The van der Waals surface area contributed by atoms with Crippen LogP contribution in [0.2, 0.25) is 0 Å². The number of Topliss-reactive ketones (excluding diaryl/α,β-unsaturated/α-hetero) is 1. The fraction of sp³-hybridized carbons (Fsp3) is 0.714. The van der Waals surface area contributed by atoms with Gasteiger partial charge in [0, 0.05) is 16.7 Å². The van der Waals surface area contributed by atoms with Gasteiger partial charge in [-0.3, -0.25) is 9.59 Å². The minimum atomic E-state index is -1.44. The molecule has 4 N–H and O–H groups in total. The van der Waals surface area contributed by atoms with Gasteiger partial charge in [0.2, 0.25) is 0 Å². The maximum atomic E-state index is 12.5. The van der Waals surface area contributed by atoms with E-state index in [1.807, 2.05) is 13.0 Å². The second-order valence-corrected chi connectivity index (χ2v) is 9.24. The normalized spacial score (nSPS) is 49.9. The number of carbonyl (C=O) groups excluding carboxylic acids is 2. The second-order valence-electron chi connectivity index (χ2n) is 9.24. The highest BCUT2D eigenvalue weighted by atomic mass is 16.3. The molecule has 0 radical (unpaired) electrons. The van der Waals surface area contributed by atoms with E-state index >= 15 is 0 Å². The van der Waals surface area contributed by atoms with Crippen LogP contribution in [0.1, 0.15) is 46.0 Å². The average Bonchev–Trinajstić information content (AvgIpc) is 2.86. The summed E-state index contributed by atoms with van der Waals surface area (Å²) in [5, 5.41) is 22.4. The van der Waals surface area contributed by atoms with Gasteiger partial charge >= 0.3 is 0 Å². The molecule has 4 rings (SSSR count). The summed E-state index contributed by atoms with van der Waals surface area (Å²) in [5.74, 6) is 0.137. The van der Waals surface area contributed by atoms with Crippen molar-refractivity contribution in [3.63, 3.8) is 0 Å². The number of allylic oxidation sites excluding steroid dienone is 4. The van der Waals surface area contributed by atoms with Gasteiger partial charge in [0.1, 0.15) is 5.60 Å². The van der Waals surface area contributed by atoms with Crippen LogP contribution in [0.25, 0.3) is 0 Å². The zero-order chi connectivity index (χ0) is 18.9. The first-order valence-corrected chi connectivity index (χ1v) is 9.75. The lowest BCUT2D eigenvalue weighted by atomic mass is 9.46. The van der Waals surface area contributed by atoms with Crippen molar-refractivity contribution in [2.75, 3.05) is 6.54 Å². The molecule has 0 unspecified atom stereocenters. The van der Waals surface area contributed by atoms with Crippen LogP contribution >= 0.6 is 0 Å². The summed E-state index contributed by atoms with van der Waals surface area (Å²) < 4.78 is 0. The highest BCUT2D eigenvalue weighted by Gasteiger charge is 2.67. The zero-order valence-electron chi connectivity index (χ0n) is 15.6. The van der Waals surface area contributed by atoms with Crippen LogP contribution in [0.4, 0.5) is 0 Å². The van der Waals surface area contributed by atoms with E-state index in [0.717, 1.165) is 24.8 Å². The lowest BCUT2D eigenvalue weighted by molar-refractivity contribution is -0.175. The van der Waals surface area contributed by atoms with E-state index in [-0.39, 0.29) is 41.3 Å². The molecule has 3 fully saturated rings. The smallest absolute Gasteiger partial charge is 0.178 e. The summed E-state index contributed by atoms with van der Waals surface area (Å²) in [6, 6.07) is 0. The summed E-state index contributed by atoms with van der Waals surface area (Å²) in [7, 11) is 0. The molecule has 0 bridgehead atoms. The van der Waals surface area contributed by atoms with Crippen LogP contribution in [0, 0.1) is 28.6 Å². The standard InChI is InChI=1S/C21H29NO4/c1-19-7-5-13(23)9-12(19)3-4-14-15-6-8-21(26,17(25)11-22)20(15,2)10-16(24)18(14)19/h5,7,9,14-16,18,24,26H,3-4,6,8,10-11,22H2,1-2H3/t14-,15+,16-,18-,19+,20-,21-/m0/s1. The van der Waals surface area contributed by atoms with Crippen molar-refractivity contribution in [1.29, 1.82) is 0 Å². The maximum Gasteiger partial charge on any atom is 0.178 e. The average molecular weight is 359 g/mol. The number of nitrogens with two attached hydrogens (primary N) is 1. The molecule has 0 aromatic carbocycles. The molecular weight excluding hydrogens is 330 g/mol. The topological polar surface area (TPSA) is 101 Å². The van der Waals surface area contributed by atoms with Gasteiger partial charge in [0.05, 0.1) is 12.6 Å². The van der Waals surface area contributed by atoms with E-state index in [2.05, 4.69) is 6.92 Å². The largest absolute Gasteiger partial charge is 0.393 e. The van der Waals surface area contributed by atoms with Gasteiger partial charge < -0.3 is 15.9 Å². The van der Waals surface area contributed by atoms with Crippen LogP contribution in [-0.4, -0.2) is 40.0 Å². The zero-order valence-corrected chi connectivity index (χ0v) is 15.6. The number of ketones is 2. The summed E-state index contributed by atoms with van der Waals surface area (Å²) in [6.07, 6.45) is 8.02.